The maximum atomic E-state index is 15.6. The van der Waals surface area contributed by atoms with Crippen molar-refractivity contribution >= 4 is 39.6 Å². The Bertz CT molecular complexity index is 2210. The van der Waals surface area contributed by atoms with Gasteiger partial charge in [0.05, 0.1) is 22.0 Å². The Hall–Kier alpha value is -4.79. The van der Waals surface area contributed by atoms with Crippen molar-refractivity contribution in [2.45, 2.75) is 18.2 Å². The molecule has 0 N–H and O–H groups in total. The van der Waals surface area contributed by atoms with Gasteiger partial charge in [0.25, 0.3) is 0 Å². The molecule has 1 aromatic heterocycles. The molecule has 42 heavy (non-hydrogen) atoms. The van der Waals surface area contributed by atoms with Crippen LogP contribution < -0.4 is 20.1 Å². The molecular formula is C37H26NO3P. The molecule has 5 aromatic carbocycles. The van der Waals surface area contributed by atoms with Crippen molar-refractivity contribution in [1.29, 1.82) is 0 Å². The van der Waals surface area contributed by atoms with E-state index in [0.29, 0.717) is 22.6 Å². The van der Waals surface area contributed by atoms with Crippen LogP contribution in [0.15, 0.2) is 133 Å². The van der Waals surface area contributed by atoms with Crippen molar-refractivity contribution in [2.24, 2.45) is 0 Å². The van der Waals surface area contributed by atoms with Crippen molar-refractivity contribution in [3.63, 3.8) is 0 Å². The van der Waals surface area contributed by atoms with Crippen molar-refractivity contribution in [2.75, 3.05) is 0 Å². The summed E-state index contributed by atoms with van der Waals surface area (Å²) in [7, 11) is -3.19. The molecule has 3 atom stereocenters. The molecule has 3 unspecified atom stereocenters. The van der Waals surface area contributed by atoms with E-state index >= 15 is 4.57 Å². The summed E-state index contributed by atoms with van der Waals surface area (Å²) in [6.45, 7) is 2.05. The fourth-order valence-electron chi connectivity index (χ4n) is 7.12. The van der Waals surface area contributed by atoms with E-state index < -0.39 is 12.7 Å². The summed E-state index contributed by atoms with van der Waals surface area (Å²) in [4.78, 5) is 0. The Labute approximate surface area is 243 Å². The van der Waals surface area contributed by atoms with Crippen LogP contribution >= 0.6 is 7.14 Å². The van der Waals surface area contributed by atoms with Gasteiger partial charge >= 0.3 is 0 Å². The van der Waals surface area contributed by atoms with E-state index in [1.165, 1.54) is 10.8 Å². The van der Waals surface area contributed by atoms with Crippen LogP contribution in [0.5, 0.6) is 17.2 Å². The molecule has 3 heterocycles. The smallest absolute Gasteiger partial charge is 0.165 e. The summed E-state index contributed by atoms with van der Waals surface area (Å²) in [6.07, 6.45) is 8.07. The molecule has 4 nitrogen and oxygen atoms in total. The second-order valence-electron chi connectivity index (χ2n) is 11.4. The van der Waals surface area contributed by atoms with E-state index in [1.807, 2.05) is 67.6 Å². The van der Waals surface area contributed by atoms with Gasteiger partial charge in [-0.3, -0.25) is 0 Å². The van der Waals surface area contributed by atoms with Crippen LogP contribution in [0.4, 0.5) is 0 Å². The Morgan fingerprint density at radius 3 is 2.45 bits per heavy atom. The standard InChI is InChI=1S/C37H26NO3P/c1-37-22-10-9-17-34(37)42(39)33-16-8-7-15-31(33)40-32-21-20-26(35(41-37)36(32)42)24-18-19-28-27-13-5-6-14-29(27)38(30(28)23-24)25-11-3-2-4-12-25/h2-23,34H,1H3. The third-order valence-electron chi connectivity index (χ3n) is 9.00. The second-order valence-corrected chi connectivity index (χ2v) is 14.2. The number of aromatic nitrogens is 1. The molecule has 0 radical (unpaired) electrons. The van der Waals surface area contributed by atoms with Crippen LogP contribution in [0.3, 0.4) is 0 Å². The number of ether oxygens (including phenoxy) is 2. The Morgan fingerprint density at radius 2 is 1.55 bits per heavy atom. The van der Waals surface area contributed by atoms with Gasteiger partial charge in [0.1, 0.15) is 28.2 Å². The highest BCUT2D eigenvalue weighted by atomic mass is 31.2. The first-order valence-electron chi connectivity index (χ1n) is 14.3. The zero-order chi connectivity index (χ0) is 28.1. The first-order chi connectivity index (χ1) is 20.6. The van der Waals surface area contributed by atoms with Gasteiger partial charge < -0.3 is 18.6 Å². The van der Waals surface area contributed by atoms with E-state index in [9.17, 15) is 0 Å². The van der Waals surface area contributed by atoms with Gasteiger partial charge in [0.2, 0.25) is 0 Å². The zero-order valence-corrected chi connectivity index (χ0v) is 23.8. The molecule has 0 bridgehead atoms. The van der Waals surface area contributed by atoms with E-state index in [-0.39, 0.29) is 5.66 Å². The summed E-state index contributed by atoms with van der Waals surface area (Å²) in [5.74, 6) is 1.92. The van der Waals surface area contributed by atoms with Crippen LogP contribution in [-0.4, -0.2) is 15.8 Å². The lowest BCUT2D eigenvalue weighted by molar-refractivity contribution is 0.142. The lowest BCUT2D eigenvalue weighted by atomic mass is 9.95. The van der Waals surface area contributed by atoms with Crippen molar-refractivity contribution in [1.82, 2.24) is 4.57 Å². The first kappa shape index (κ1) is 23.9. The van der Waals surface area contributed by atoms with Gasteiger partial charge in [-0.15, -0.1) is 0 Å². The summed E-state index contributed by atoms with van der Waals surface area (Å²) >= 11 is 0. The number of benzene rings is 5. The Balaban J connectivity index is 1.34. The molecule has 0 fully saturated rings. The number of para-hydroxylation sites is 3. The van der Waals surface area contributed by atoms with Gasteiger partial charge in [-0.1, -0.05) is 78.9 Å². The molecule has 1 aliphatic carbocycles. The van der Waals surface area contributed by atoms with Crippen molar-refractivity contribution in [3.05, 3.63) is 133 Å². The van der Waals surface area contributed by atoms with Crippen LogP contribution in [0.1, 0.15) is 6.92 Å². The molecule has 0 saturated heterocycles. The minimum Gasteiger partial charge on any atom is -0.481 e. The van der Waals surface area contributed by atoms with E-state index in [2.05, 4.69) is 77.4 Å². The number of hydrogen-bond acceptors (Lipinski definition) is 3. The third-order valence-corrected chi connectivity index (χ3v) is 12.6. The topological polar surface area (TPSA) is 40.5 Å². The van der Waals surface area contributed by atoms with Gasteiger partial charge in [0, 0.05) is 22.0 Å². The average Bonchev–Trinajstić information content (AvgIpc) is 3.35. The van der Waals surface area contributed by atoms with Gasteiger partial charge in [-0.05, 0) is 67.1 Å². The molecule has 2 aliphatic heterocycles. The van der Waals surface area contributed by atoms with E-state index in [1.54, 1.807) is 0 Å². The van der Waals surface area contributed by atoms with Crippen LogP contribution in [0.25, 0.3) is 38.6 Å². The predicted octanol–water partition coefficient (Wildman–Crippen LogP) is 8.52. The summed E-state index contributed by atoms with van der Waals surface area (Å²) < 4.78 is 31.2. The zero-order valence-electron chi connectivity index (χ0n) is 22.9. The number of fused-ring (bicyclic) bond motifs is 7. The maximum absolute atomic E-state index is 15.6. The van der Waals surface area contributed by atoms with Crippen LogP contribution in [-0.2, 0) is 4.57 Å². The quantitative estimate of drug-likeness (QED) is 0.198. The van der Waals surface area contributed by atoms with E-state index in [0.717, 1.165) is 33.2 Å². The van der Waals surface area contributed by atoms with Crippen molar-refractivity contribution < 1.29 is 14.0 Å². The average molecular weight is 564 g/mol. The summed E-state index contributed by atoms with van der Waals surface area (Å²) in [5.41, 5.74) is 4.18. The predicted molar refractivity (Wildman–Crippen MR) is 171 cm³/mol. The Morgan fingerprint density at radius 1 is 0.762 bits per heavy atom. The number of allylic oxidation sites excluding steroid dienone is 2. The largest absolute Gasteiger partial charge is 0.481 e. The number of nitrogens with zero attached hydrogens (tertiary/aromatic N) is 1. The van der Waals surface area contributed by atoms with E-state index in [4.69, 9.17) is 9.47 Å². The first-order valence-corrected chi connectivity index (χ1v) is 16.0. The normalized spacial score (nSPS) is 23.1. The van der Waals surface area contributed by atoms with Crippen molar-refractivity contribution in [3.8, 4) is 34.1 Å². The molecule has 3 aliphatic rings. The third kappa shape index (κ3) is 3.05. The molecule has 9 rings (SSSR count). The van der Waals surface area contributed by atoms with Gasteiger partial charge in [-0.25, -0.2) is 0 Å². The summed E-state index contributed by atoms with van der Waals surface area (Å²) in [6, 6.07) is 37.3. The lowest BCUT2D eigenvalue weighted by Gasteiger charge is -2.47. The summed E-state index contributed by atoms with van der Waals surface area (Å²) in [5, 5.41) is 3.83. The molecule has 6 aromatic rings. The number of rotatable bonds is 2. The molecular weight excluding hydrogens is 537 g/mol. The maximum Gasteiger partial charge on any atom is 0.165 e. The SMILES string of the molecule is CC12C=CC=CC1P1(=O)c3ccccc3Oc3ccc(-c4ccc5c6ccccc6n(-c6ccccc6)c5c4)c(c31)O2. The minimum atomic E-state index is -3.19. The molecule has 202 valence electrons. The van der Waals surface area contributed by atoms with Crippen LogP contribution in [0.2, 0.25) is 0 Å². The fraction of sp³-hybridized carbons (Fsp3) is 0.0811. The lowest BCUT2D eigenvalue weighted by Crippen LogP contribution is -2.52. The molecule has 0 amide bonds. The highest BCUT2D eigenvalue weighted by molar-refractivity contribution is 7.80. The number of hydrogen-bond donors (Lipinski definition) is 0. The minimum absolute atomic E-state index is 0.329. The molecule has 0 spiro atoms. The highest BCUT2D eigenvalue weighted by Crippen LogP contribution is 2.65. The Kier molecular flexibility index (Phi) is 4.76. The monoisotopic (exact) mass is 563 g/mol. The fourth-order valence-corrected chi connectivity index (χ4v) is 10.8. The van der Waals surface area contributed by atoms with Crippen LogP contribution in [0, 0.1) is 0 Å². The molecule has 5 heteroatoms. The van der Waals surface area contributed by atoms with Gasteiger partial charge in [-0.2, -0.15) is 0 Å². The molecule has 0 saturated carbocycles. The second kappa shape index (κ2) is 8.38. The van der Waals surface area contributed by atoms with Gasteiger partial charge in [0.15, 0.2) is 7.14 Å². The highest BCUT2D eigenvalue weighted by Gasteiger charge is 2.57.